The number of likely N-dealkylation sites (tertiary alicyclic amines) is 1. The molecule has 1 atom stereocenters. The lowest BCUT2D eigenvalue weighted by Gasteiger charge is -2.23. The topological polar surface area (TPSA) is 57.3 Å². The molecule has 1 aromatic rings. The maximum atomic E-state index is 11.7. The molecule has 0 spiro atoms. The zero-order valence-electron chi connectivity index (χ0n) is 11.6. The summed E-state index contributed by atoms with van der Waals surface area (Å²) in [7, 11) is 0. The van der Waals surface area contributed by atoms with Gasteiger partial charge in [-0.05, 0) is 39.8 Å². The van der Waals surface area contributed by atoms with Gasteiger partial charge in [-0.3, -0.25) is 4.90 Å². The van der Waals surface area contributed by atoms with Crippen molar-refractivity contribution in [2.45, 2.75) is 39.3 Å². The lowest BCUT2D eigenvalue weighted by atomic mass is 10.3. The number of hydrogen-bond donors (Lipinski definition) is 2. The van der Waals surface area contributed by atoms with E-state index in [4.69, 9.17) is 0 Å². The summed E-state index contributed by atoms with van der Waals surface area (Å²) in [6.45, 7) is 7.63. The van der Waals surface area contributed by atoms with Crippen LogP contribution in [0.1, 0.15) is 30.5 Å². The van der Waals surface area contributed by atoms with Crippen LogP contribution in [0.25, 0.3) is 0 Å². The molecule has 2 N–H and O–H groups in total. The fourth-order valence-corrected chi connectivity index (χ4v) is 2.89. The molecule has 1 aliphatic rings. The van der Waals surface area contributed by atoms with Gasteiger partial charge in [-0.25, -0.2) is 9.78 Å². The van der Waals surface area contributed by atoms with Gasteiger partial charge in [-0.2, -0.15) is 0 Å². The maximum absolute atomic E-state index is 11.7. The third-order valence-corrected chi connectivity index (χ3v) is 4.24. The minimum absolute atomic E-state index is 0.114. The highest BCUT2D eigenvalue weighted by atomic mass is 32.1. The van der Waals surface area contributed by atoms with Gasteiger partial charge in [-0.1, -0.05) is 0 Å². The number of rotatable bonds is 5. The Morgan fingerprint density at radius 2 is 2.21 bits per heavy atom. The third kappa shape index (κ3) is 4.47. The Kier molecular flexibility index (Phi) is 5.15. The van der Waals surface area contributed by atoms with E-state index in [1.54, 1.807) is 11.3 Å². The molecule has 19 heavy (non-hydrogen) atoms. The molecule has 0 bridgehead atoms. The number of aromatic nitrogens is 1. The Balaban J connectivity index is 1.64. The summed E-state index contributed by atoms with van der Waals surface area (Å²) in [6, 6.07) is 0.298. The van der Waals surface area contributed by atoms with Crippen LogP contribution in [-0.2, 0) is 6.54 Å². The number of nitrogens with zero attached hydrogens (tertiary/aromatic N) is 2. The maximum Gasteiger partial charge on any atom is 0.315 e. The van der Waals surface area contributed by atoms with Gasteiger partial charge in [0.25, 0.3) is 0 Å². The summed E-state index contributed by atoms with van der Waals surface area (Å²) < 4.78 is 0. The van der Waals surface area contributed by atoms with Crippen molar-refractivity contribution in [3.63, 3.8) is 0 Å². The van der Waals surface area contributed by atoms with Gasteiger partial charge in [-0.15, -0.1) is 11.3 Å². The van der Waals surface area contributed by atoms with Crippen LogP contribution < -0.4 is 10.6 Å². The number of hydrogen-bond acceptors (Lipinski definition) is 4. The minimum atomic E-state index is -0.114. The Hall–Kier alpha value is -1.14. The second-order valence-electron chi connectivity index (χ2n) is 5.01. The van der Waals surface area contributed by atoms with Gasteiger partial charge in [0.05, 0.1) is 17.2 Å². The van der Waals surface area contributed by atoms with E-state index in [1.807, 2.05) is 12.3 Å². The van der Waals surface area contributed by atoms with Crippen LogP contribution in [0.5, 0.6) is 0 Å². The lowest BCUT2D eigenvalue weighted by Crippen LogP contribution is -2.44. The van der Waals surface area contributed by atoms with E-state index in [-0.39, 0.29) is 6.03 Å². The quantitative estimate of drug-likeness (QED) is 0.865. The van der Waals surface area contributed by atoms with Gasteiger partial charge in [0.1, 0.15) is 0 Å². The van der Waals surface area contributed by atoms with E-state index in [0.717, 1.165) is 23.8 Å². The van der Waals surface area contributed by atoms with Gasteiger partial charge in [0, 0.05) is 18.0 Å². The number of thiazole rings is 1. The van der Waals surface area contributed by atoms with E-state index in [1.165, 1.54) is 12.8 Å². The molecule has 2 amide bonds. The first-order chi connectivity index (χ1) is 9.15. The average molecular weight is 282 g/mol. The van der Waals surface area contributed by atoms with Crippen LogP contribution in [0.3, 0.4) is 0 Å². The second-order valence-corrected chi connectivity index (χ2v) is 6.08. The van der Waals surface area contributed by atoms with E-state index in [2.05, 4.69) is 27.4 Å². The van der Waals surface area contributed by atoms with Crippen LogP contribution >= 0.6 is 11.3 Å². The molecule has 0 radical (unpaired) electrons. The number of aryl methyl sites for hydroxylation is 1. The number of nitrogens with one attached hydrogen (secondary N) is 2. The normalized spacial score (nSPS) is 17.4. The molecule has 0 aromatic carbocycles. The van der Waals surface area contributed by atoms with Gasteiger partial charge in [0.2, 0.25) is 0 Å². The fraction of sp³-hybridized carbons (Fsp3) is 0.692. The van der Waals surface area contributed by atoms with Crippen molar-refractivity contribution < 1.29 is 4.79 Å². The van der Waals surface area contributed by atoms with Crippen LogP contribution in [0.4, 0.5) is 4.79 Å². The summed E-state index contributed by atoms with van der Waals surface area (Å²) in [5.41, 5.74) is 0.922. The minimum Gasteiger partial charge on any atom is -0.337 e. The molecule has 106 valence electrons. The molecule has 6 heteroatoms. The Morgan fingerprint density at radius 1 is 1.47 bits per heavy atom. The molecule has 1 aromatic heterocycles. The molecule has 1 fully saturated rings. The Bertz CT molecular complexity index is 415. The van der Waals surface area contributed by atoms with E-state index in [0.29, 0.717) is 19.1 Å². The van der Waals surface area contributed by atoms with Gasteiger partial charge in [0.15, 0.2) is 0 Å². The highest BCUT2D eigenvalue weighted by Gasteiger charge is 2.18. The molecule has 1 unspecified atom stereocenters. The van der Waals surface area contributed by atoms with Crippen molar-refractivity contribution in [1.29, 1.82) is 0 Å². The second kappa shape index (κ2) is 6.86. The Labute approximate surface area is 118 Å². The van der Waals surface area contributed by atoms with Gasteiger partial charge >= 0.3 is 6.03 Å². The van der Waals surface area contributed by atoms with Crippen LogP contribution in [-0.4, -0.2) is 41.6 Å². The standard InChI is InChI=1S/C13H22N4OS/c1-10(17-5-3-4-6-17)7-14-13(18)15-8-12-9-19-11(2)16-12/h9-10H,3-8H2,1-2H3,(H2,14,15,18). The highest BCUT2D eigenvalue weighted by Crippen LogP contribution is 2.10. The summed E-state index contributed by atoms with van der Waals surface area (Å²) in [4.78, 5) is 18.4. The zero-order valence-corrected chi connectivity index (χ0v) is 12.4. The molecular formula is C13H22N4OS. The summed E-state index contributed by atoms with van der Waals surface area (Å²) in [5.74, 6) is 0. The summed E-state index contributed by atoms with van der Waals surface area (Å²) in [6.07, 6.45) is 2.55. The highest BCUT2D eigenvalue weighted by molar-refractivity contribution is 7.09. The van der Waals surface area contributed by atoms with Crippen LogP contribution in [0.15, 0.2) is 5.38 Å². The number of carbonyl (C=O) groups is 1. The predicted molar refractivity (Wildman–Crippen MR) is 77.4 cm³/mol. The summed E-state index contributed by atoms with van der Waals surface area (Å²) >= 11 is 1.60. The molecule has 2 rings (SSSR count). The van der Waals surface area contributed by atoms with E-state index in [9.17, 15) is 4.79 Å². The molecular weight excluding hydrogens is 260 g/mol. The zero-order chi connectivity index (χ0) is 13.7. The monoisotopic (exact) mass is 282 g/mol. The number of urea groups is 1. The van der Waals surface area contributed by atoms with Crippen molar-refractivity contribution in [3.05, 3.63) is 16.1 Å². The molecule has 0 saturated carbocycles. The largest absolute Gasteiger partial charge is 0.337 e. The number of carbonyl (C=O) groups excluding carboxylic acids is 1. The first-order valence-corrected chi connectivity index (χ1v) is 7.70. The number of amides is 2. The third-order valence-electron chi connectivity index (χ3n) is 3.42. The smallest absolute Gasteiger partial charge is 0.315 e. The van der Waals surface area contributed by atoms with Crippen LogP contribution in [0, 0.1) is 6.92 Å². The fourth-order valence-electron chi connectivity index (χ4n) is 2.27. The molecule has 5 nitrogen and oxygen atoms in total. The predicted octanol–water partition coefficient (Wildman–Crippen LogP) is 1.74. The first-order valence-electron chi connectivity index (χ1n) is 6.82. The van der Waals surface area contributed by atoms with Crippen LogP contribution in [0.2, 0.25) is 0 Å². The van der Waals surface area contributed by atoms with Crippen molar-refractivity contribution in [3.8, 4) is 0 Å². The lowest BCUT2D eigenvalue weighted by molar-refractivity contribution is 0.226. The van der Waals surface area contributed by atoms with Crippen molar-refractivity contribution in [1.82, 2.24) is 20.5 Å². The molecule has 1 aliphatic heterocycles. The van der Waals surface area contributed by atoms with Crippen molar-refractivity contribution in [2.24, 2.45) is 0 Å². The SMILES string of the molecule is Cc1nc(CNC(=O)NCC(C)N2CCCC2)cs1. The average Bonchev–Trinajstić information content (AvgIpc) is 3.04. The van der Waals surface area contributed by atoms with Crippen molar-refractivity contribution in [2.75, 3.05) is 19.6 Å². The molecule has 0 aliphatic carbocycles. The Morgan fingerprint density at radius 3 is 2.84 bits per heavy atom. The van der Waals surface area contributed by atoms with E-state index >= 15 is 0 Å². The van der Waals surface area contributed by atoms with E-state index < -0.39 is 0 Å². The van der Waals surface area contributed by atoms with Crippen molar-refractivity contribution >= 4 is 17.4 Å². The molecule has 2 heterocycles. The summed E-state index contributed by atoms with van der Waals surface area (Å²) in [5, 5.41) is 8.76. The van der Waals surface area contributed by atoms with Gasteiger partial charge < -0.3 is 10.6 Å². The molecule has 1 saturated heterocycles. The first kappa shape index (κ1) is 14.3.